The third-order valence-electron chi connectivity index (χ3n) is 2.23. The van der Waals surface area contributed by atoms with E-state index in [9.17, 15) is 5.11 Å². The van der Waals surface area contributed by atoms with Gasteiger partial charge in [0.15, 0.2) is 11.5 Å². The first-order valence-corrected chi connectivity index (χ1v) is 5.42. The van der Waals surface area contributed by atoms with E-state index in [2.05, 4.69) is 0 Å². The lowest BCUT2D eigenvalue weighted by molar-refractivity contribution is 0.288. The lowest BCUT2D eigenvalue weighted by Gasteiger charge is -2.08. The molecule has 0 saturated carbocycles. The zero-order valence-corrected chi connectivity index (χ0v) is 9.69. The SMILES string of the molecule is Oc1ccc(OCc2cccc(Cl)c2)c(O)c1. The van der Waals surface area contributed by atoms with Crippen LogP contribution in [0.4, 0.5) is 0 Å². The summed E-state index contributed by atoms with van der Waals surface area (Å²) in [5, 5.41) is 19.3. The van der Waals surface area contributed by atoms with Crippen LogP contribution in [0.25, 0.3) is 0 Å². The molecule has 0 heterocycles. The quantitative estimate of drug-likeness (QED) is 0.879. The Morgan fingerprint density at radius 2 is 1.88 bits per heavy atom. The van der Waals surface area contributed by atoms with Crippen molar-refractivity contribution in [1.82, 2.24) is 0 Å². The van der Waals surface area contributed by atoms with Gasteiger partial charge in [0.1, 0.15) is 12.4 Å². The maximum absolute atomic E-state index is 9.51. The van der Waals surface area contributed by atoms with E-state index in [-0.39, 0.29) is 11.5 Å². The van der Waals surface area contributed by atoms with E-state index in [0.29, 0.717) is 17.4 Å². The van der Waals surface area contributed by atoms with Crippen LogP contribution in [0, 0.1) is 0 Å². The van der Waals surface area contributed by atoms with Crippen molar-refractivity contribution < 1.29 is 14.9 Å². The van der Waals surface area contributed by atoms with Crippen molar-refractivity contribution in [2.24, 2.45) is 0 Å². The predicted octanol–water partition coefficient (Wildman–Crippen LogP) is 3.33. The molecule has 3 nitrogen and oxygen atoms in total. The molecule has 4 heteroatoms. The van der Waals surface area contributed by atoms with Crippen LogP contribution in [0.2, 0.25) is 5.02 Å². The molecule has 0 unspecified atom stereocenters. The van der Waals surface area contributed by atoms with Gasteiger partial charge in [-0.05, 0) is 29.8 Å². The molecule has 0 spiro atoms. The highest BCUT2D eigenvalue weighted by molar-refractivity contribution is 6.30. The van der Waals surface area contributed by atoms with Crippen LogP contribution < -0.4 is 4.74 Å². The zero-order chi connectivity index (χ0) is 12.3. The van der Waals surface area contributed by atoms with Gasteiger partial charge in [-0.1, -0.05) is 23.7 Å². The Labute approximate surface area is 104 Å². The van der Waals surface area contributed by atoms with E-state index < -0.39 is 0 Å². The van der Waals surface area contributed by atoms with Crippen LogP contribution >= 0.6 is 11.6 Å². The van der Waals surface area contributed by atoms with Gasteiger partial charge < -0.3 is 14.9 Å². The van der Waals surface area contributed by atoms with E-state index in [1.165, 1.54) is 18.2 Å². The molecule has 0 fully saturated rings. The minimum absolute atomic E-state index is 0.00222. The highest BCUT2D eigenvalue weighted by atomic mass is 35.5. The van der Waals surface area contributed by atoms with E-state index in [0.717, 1.165) is 5.56 Å². The summed E-state index contributed by atoms with van der Waals surface area (Å²) < 4.78 is 5.41. The molecule has 0 amide bonds. The molecule has 2 aromatic rings. The average molecular weight is 251 g/mol. The molecule has 0 bridgehead atoms. The monoisotopic (exact) mass is 250 g/mol. The second kappa shape index (κ2) is 4.97. The number of hydrogen-bond acceptors (Lipinski definition) is 3. The standard InChI is InChI=1S/C13H11ClO3/c14-10-3-1-2-9(6-10)8-17-13-5-4-11(15)7-12(13)16/h1-7,15-16H,8H2. The van der Waals surface area contributed by atoms with Crippen LogP contribution in [0.15, 0.2) is 42.5 Å². The van der Waals surface area contributed by atoms with Gasteiger partial charge in [0, 0.05) is 11.1 Å². The second-order valence-corrected chi connectivity index (χ2v) is 4.01. The van der Waals surface area contributed by atoms with Gasteiger partial charge in [0.05, 0.1) is 0 Å². The third kappa shape index (κ3) is 3.04. The Hall–Kier alpha value is -1.87. The lowest BCUT2D eigenvalue weighted by Crippen LogP contribution is -1.95. The van der Waals surface area contributed by atoms with Crippen molar-refractivity contribution in [2.75, 3.05) is 0 Å². The number of hydrogen-bond donors (Lipinski definition) is 2. The number of benzene rings is 2. The van der Waals surface area contributed by atoms with Gasteiger partial charge in [-0.15, -0.1) is 0 Å². The fraction of sp³-hybridized carbons (Fsp3) is 0.0769. The van der Waals surface area contributed by atoms with Crippen molar-refractivity contribution in [2.45, 2.75) is 6.61 Å². The Balaban J connectivity index is 2.07. The molecule has 0 aromatic heterocycles. The molecule has 0 radical (unpaired) electrons. The molecule has 0 aliphatic rings. The van der Waals surface area contributed by atoms with E-state index >= 15 is 0 Å². The minimum atomic E-state index is -0.0907. The van der Waals surface area contributed by atoms with Crippen LogP contribution in [0.3, 0.4) is 0 Å². The van der Waals surface area contributed by atoms with Gasteiger partial charge in [-0.2, -0.15) is 0 Å². The van der Waals surface area contributed by atoms with Crippen molar-refractivity contribution in [3.63, 3.8) is 0 Å². The Bertz CT molecular complexity index is 526. The summed E-state index contributed by atoms with van der Waals surface area (Å²) in [6.45, 7) is 0.304. The summed E-state index contributed by atoms with van der Waals surface area (Å²) in [7, 11) is 0. The molecule has 0 saturated heterocycles. The topological polar surface area (TPSA) is 49.7 Å². The highest BCUT2D eigenvalue weighted by Gasteiger charge is 2.03. The predicted molar refractivity (Wildman–Crippen MR) is 65.6 cm³/mol. The molecular weight excluding hydrogens is 240 g/mol. The Morgan fingerprint density at radius 3 is 2.59 bits per heavy atom. The number of phenols is 2. The fourth-order valence-corrected chi connectivity index (χ4v) is 1.63. The summed E-state index contributed by atoms with van der Waals surface area (Å²) in [6, 6.07) is 11.5. The van der Waals surface area contributed by atoms with Crippen molar-refractivity contribution >= 4 is 11.6 Å². The third-order valence-corrected chi connectivity index (χ3v) is 2.46. The maximum atomic E-state index is 9.51. The molecule has 2 aromatic carbocycles. The smallest absolute Gasteiger partial charge is 0.161 e. The largest absolute Gasteiger partial charge is 0.508 e. The first-order chi connectivity index (χ1) is 8.15. The number of aromatic hydroxyl groups is 2. The molecule has 17 heavy (non-hydrogen) atoms. The van der Waals surface area contributed by atoms with Gasteiger partial charge in [-0.3, -0.25) is 0 Å². The summed E-state index contributed by atoms with van der Waals surface area (Å²) in [5.74, 6) is 0.229. The van der Waals surface area contributed by atoms with E-state index in [1.807, 2.05) is 12.1 Å². The number of phenolic OH excluding ortho intramolecular Hbond substituents is 2. The average Bonchev–Trinajstić information content (AvgIpc) is 2.28. The molecule has 2 N–H and O–H groups in total. The Morgan fingerprint density at radius 1 is 1.06 bits per heavy atom. The number of ether oxygens (including phenoxy) is 1. The zero-order valence-electron chi connectivity index (χ0n) is 8.93. The minimum Gasteiger partial charge on any atom is -0.508 e. The second-order valence-electron chi connectivity index (χ2n) is 3.57. The maximum Gasteiger partial charge on any atom is 0.161 e. The normalized spacial score (nSPS) is 10.2. The van der Waals surface area contributed by atoms with Gasteiger partial charge >= 0.3 is 0 Å². The molecule has 0 atom stereocenters. The van der Waals surface area contributed by atoms with Crippen molar-refractivity contribution in [3.05, 3.63) is 53.1 Å². The first-order valence-electron chi connectivity index (χ1n) is 5.04. The van der Waals surface area contributed by atoms with Crippen molar-refractivity contribution in [3.8, 4) is 17.2 Å². The lowest BCUT2D eigenvalue weighted by atomic mass is 10.2. The van der Waals surface area contributed by atoms with Crippen LogP contribution in [0.5, 0.6) is 17.2 Å². The molecule has 0 aliphatic heterocycles. The molecule has 0 aliphatic carbocycles. The van der Waals surface area contributed by atoms with Crippen LogP contribution in [0.1, 0.15) is 5.56 Å². The van der Waals surface area contributed by atoms with Crippen LogP contribution in [-0.4, -0.2) is 10.2 Å². The van der Waals surface area contributed by atoms with Gasteiger partial charge in [0.2, 0.25) is 0 Å². The fourth-order valence-electron chi connectivity index (χ4n) is 1.42. The number of halogens is 1. The molecular formula is C13H11ClO3. The van der Waals surface area contributed by atoms with E-state index in [1.54, 1.807) is 12.1 Å². The van der Waals surface area contributed by atoms with Crippen molar-refractivity contribution in [1.29, 1.82) is 0 Å². The summed E-state index contributed by atoms with van der Waals surface area (Å²) in [6.07, 6.45) is 0. The van der Waals surface area contributed by atoms with Crippen LogP contribution in [-0.2, 0) is 6.61 Å². The molecule has 88 valence electrons. The number of rotatable bonds is 3. The summed E-state index contributed by atoms with van der Waals surface area (Å²) in [4.78, 5) is 0. The summed E-state index contributed by atoms with van der Waals surface area (Å²) in [5.41, 5.74) is 0.907. The highest BCUT2D eigenvalue weighted by Crippen LogP contribution is 2.30. The van der Waals surface area contributed by atoms with Gasteiger partial charge in [-0.25, -0.2) is 0 Å². The Kier molecular flexibility index (Phi) is 3.40. The first kappa shape index (κ1) is 11.6. The summed E-state index contributed by atoms with van der Waals surface area (Å²) >= 11 is 5.84. The van der Waals surface area contributed by atoms with Gasteiger partial charge in [0.25, 0.3) is 0 Å². The van der Waals surface area contributed by atoms with E-state index in [4.69, 9.17) is 21.4 Å². The molecule has 2 rings (SSSR count).